The number of benzene rings is 8. The molecule has 2 aliphatic rings. The highest BCUT2D eigenvalue weighted by Crippen LogP contribution is 2.59. The van der Waals surface area contributed by atoms with Gasteiger partial charge in [-0.25, -0.2) is 0 Å². The SMILES string of the molecule is c1ccc(C2(c3ccccc3)c3ccccc3-c3cc4c(cc32)Oc2ccc(-c3cccc(-c5ccc(-c6cccc7cccnc67)cc5)c3)cc2O4)cc1. The van der Waals surface area contributed by atoms with E-state index in [0.717, 1.165) is 49.8 Å². The lowest BCUT2D eigenvalue weighted by atomic mass is 9.67. The number of rotatable bonds is 5. The molecule has 1 aliphatic heterocycles. The van der Waals surface area contributed by atoms with Crippen molar-refractivity contribution in [1.82, 2.24) is 4.98 Å². The molecule has 0 spiro atoms. The van der Waals surface area contributed by atoms with Crippen LogP contribution in [-0.4, -0.2) is 4.98 Å². The fourth-order valence-corrected chi connectivity index (χ4v) is 8.75. The smallest absolute Gasteiger partial charge is 0.170 e. The topological polar surface area (TPSA) is 31.4 Å². The van der Waals surface area contributed by atoms with Gasteiger partial charge in [-0.2, -0.15) is 0 Å². The molecule has 0 amide bonds. The van der Waals surface area contributed by atoms with Crippen molar-refractivity contribution < 1.29 is 9.47 Å². The third kappa shape index (κ3) is 4.94. The van der Waals surface area contributed by atoms with Gasteiger partial charge in [0.2, 0.25) is 0 Å². The average Bonchev–Trinajstić information content (AvgIpc) is 3.55. The summed E-state index contributed by atoms with van der Waals surface area (Å²) < 4.78 is 13.4. The van der Waals surface area contributed by atoms with E-state index in [-0.39, 0.29) is 0 Å². The van der Waals surface area contributed by atoms with Gasteiger partial charge in [-0.05, 0) is 97.6 Å². The van der Waals surface area contributed by atoms with Gasteiger partial charge in [-0.1, -0.05) is 158 Å². The monoisotopic (exact) mass is 703 g/mol. The molecule has 3 heteroatoms. The van der Waals surface area contributed by atoms with E-state index in [9.17, 15) is 0 Å². The molecule has 55 heavy (non-hydrogen) atoms. The van der Waals surface area contributed by atoms with Crippen LogP contribution in [0.25, 0.3) is 55.4 Å². The van der Waals surface area contributed by atoms with E-state index in [1.165, 1.54) is 27.8 Å². The summed E-state index contributed by atoms with van der Waals surface area (Å²) in [5, 5.41) is 1.14. The standard InChI is InChI=1S/C52H33NO2/c1-3-16-40(17-4-1)52(41-18-5-2-6-19-41)45-22-8-7-20-43(45)44-32-49-50(33-46(44)52)54-47-28-27-39(31-48(47)55-49)38-14-9-13-37(30-38)34-23-25-35(26-24-34)42-21-10-12-36-15-11-29-53-51(36)42/h1-33H. The molecule has 0 bridgehead atoms. The first-order valence-corrected chi connectivity index (χ1v) is 18.7. The first-order valence-electron chi connectivity index (χ1n) is 18.7. The Bertz CT molecular complexity index is 2870. The van der Waals surface area contributed by atoms with Gasteiger partial charge in [0.25, 0.3) is 0 Å². The van der Waals surface area contributed by atoms with Crippen molar-refractivity contribution >= 4 is 10.9 Å². The van der Waals surface area contributed by atoms with Crippen molar-refractivity contribution in [3.8, 4) is 67.5 Å². The average molecular weight is 704 g/mol. The molecule has 1 aromatic heterocycles. The summed E-state index contributed by atoms with van der Waals surface area (Å²) in [7, 11) is 0. The minimum atomic E-state index is -0.505. The Hall–Kier alpha value is -7.23. The zero-order valence-corrected chi connectivity index (χ0v) is 29.8. The Labute approximate surface area is 319 Å². The van der Waals surface area contributed by atoms with Gasteiger partial charge in [-0.3, -0.25) is 4.98 Å². The fourth-order valence-electron chi connectivity index (χ4n) is 8.75. The maximum atomic E-state index is 6.73. The van der Waals surface area contributed by atoms with Crippen LogP contribution in [0, 0.1) is 0 Å². The summed E-state index contributed by atoms with van der Waals surface area (Å²) in [6.45, 7) is 0. The van der Waals surface area contributed by atoms with Crippen LogP contribution >= 0.6 is 0 Å². The molecule has 0 fully saturated rings. The zero-order valence-electron chi connectivity index (χ0n) is 29.8. The van der Waals surface area contributed by atoms with Gasteiger partial charge in [0.15, 0.2) is 23.0 Å². The van der Waals surface area contributed by atoms with Crippen molar-refractivity contribution in [2.24, 2.45) is 0 Å². The lowest BCUT2D eigenvalue weighted by Gasteiger charge is -2.34. The van der Waals surface area contributed by atoms with Crippen LogP contribution in [-0.2, 0) is 5.41 Å². The fraction of sp³-hybridized carbons (Fsp3) is 0.0192. The molecular formula is C52H33NO2. The van der Waals surface area contributed by atoms with Crippen LogP contribution in [0.15, 0.2) is 200 Å². The predicted octanol–water partition coefficient (Wildman–Crippen LogP) is 13.5. The summed E-state index contributed by atoms with van der Waals surface area (Å²) in [4.78, 5) is 4.66. The summed E-state index contributed by atoms with van der Waals surface area (Å²) in [6, 6.07) is 68.8. The number of pyridine rings is 1. The van der Waals surface area contributed by atoms with Gasteiger partial charge < -0.3 is 9.47 Å². The number of aromatic nitrogens is 1. The summed E-state index contributed by atoms with van der Waals surface area (Å²) in [5.41, 5.74) is 14.5. The minimum absolute atomic E-state index is 0.505. The molecule has 258 valence electrons. The van der Waals surface area contributed by atoms with E-state index >= 15 is 0 Å². The van der Waals surface area contributed by atoms with Crippen LogP contribution in [0.1, 0.15) is 22.3 Å². The van der Waals surface area contributed by atoms with Crippen molar-refractivity contribution in [3.05, 3.63) is 223 Å². The molecule has 0 atom stereocenters. The van der Waals surface area contributed by atoms with Gasteiger partial charge in [-0.15, -0.1) is 0 Å². The summed E-state index contributed by atoms with van der Waals surface area (Å²) >= 11 is 0. The molecule has 0 N–H and O–H groups in total. The van der Waals surface area contributed by atoms with E-state index in [2.05, 4.69) is 187 Å². The van der Waals surface area contributed by atoms with E-state index in [1.807, 2.05) is 18.3 Å². The number of nitrogens with zero attached hydrogens (tertiary/aromatic N) is 1. The second-order valence-corrected chi connectivity index (χ2v) is 14.3. The van der Waals surface area contributed by atoms with Gasteiger partial charge in [0.1, 0.15) is 0 Å². The zero-order chi connectivity index (χ0) is 36.3. The lowest BCUT2D eigenvalue weighted by molar-refractivity contribution is 0.359. The molecule has 1 aliphatic carbocycles. The maximum Gasteiger partial charge on any atom is 0.170 e. The third-order valence-corrected chi connectivity index (χ3v) is 11.3. The number of hydrogen-bond acceptors (Lipinski definition) is 3. The minimum Gasteiger partial charge on any atom is -0.450 e. The molecule has 0 unspecified atom stereocenters. The van der Waals surface area contributed by atoms with Gasteiger partial charge >= 0.3 is 0 Å². The van der Waals surface area contributed by atoms with E-state index in [0.29, 0.717) is 23.0 Å². The molecule has 9 aromatic rings. The number of ether oxygens (including phenoxy) is 2. The van der Waals surface area contributed by atoms with Crippen LogP contribution in [0.5, 0.6) is 23.0 Å². The molecule has 2 heterocycles. The highest BCUT2D eigenvalue weighted by molar-refractivity contribution is 5.94. The first kappa shape index (κ1) is 31.3. The molecule has 11 rings (SSSR count). The van der Waals surface area contributed by atoms with Crippen LogP contribution in [0.3, 0.4) is 0 Å². The quantitative estimate of drug-likeness (QED) is 0.179. The molecular weight excluding hydrogens is 671 g/mol. The number of hydrogen-bond donors (Lipinski definition) is 0. The molecule has 0 radical (unpaired) electrons. The third-order valence-electron chi connectivity index (χ3n) is 11.3. The highest BCUT2D eigenvalue weighted by atomic mass is 16.6. The number of para-hydroxylation sites is 1. The van der Waals surface area contributed by atoms with Crippen molar-refractivity contribution in [2.75, 3.05) is 0 Å². The highest BCUT2D eigenvalue weighted by Gasteiger charge is 2.47. The maximum absolute atomic E-state index is 6.73. The Morgan fingerprint density at radius 2 is 0.927 bits per heavy atom. The van der Waals surface area contributed by atoms with Crippen molar-refractivity contribution in [3.63, 3.8) is 0 Å². The summed E-state index contributed by atoms with van der Waals surface area (Å²) in [5.74, 6) is 2.83. The van der Waals surface area contributed by atoms with Gasteiger partial charge in [0, 0.05) is 17.1 Å². The van der Waals surface area contributed by atoms with E-state index in [4.69, 9.17) is 9.47 Å². The van der Waals surface area contributed by atoms with Gasteiger partial charge in [0.05, 0.1) is 10.9 Å². The lowest BCUT2D eigenvalue weighted by Crippen LogP contribution is -2.28. The van der Waals surface area contributed by atoms with Crippen molar-refractivity contribution in [2.45, 2.75) is 5.41 Å². The Kier molecular flexibility index (Phi) is 7.08. The second-order valence-electron chi connectivity index (χ2n) is 14.3. The second kappa shape index (κ2) is 12.4. The molecule has 3 nitrogen and oxygen atoms in total. The summed E-state index contributed by atoms with van der Waals surface area (Å²) in [6.07, 6.45) is 1.86. The molecule has 8 aromatic carbocycles. The Morgan fingerprint density at radius 1 is 0.345 bits per heavy atom. The largest absolute Gasteiger partial charge is 0.450 e. The van der Waals surface area contributed by atoms with Crippen LogP contribution in [0.2, 0.25) is 0 Å². The van der Waals surface area contributed by atoms with Crippen LogP contribution in [0.4, 0.5) is 0 Å². The normalized spacial score (nSPS) is 13.2. The van der Waals surface area contributed by atoms with E-state index in [1.54, 1.807) is 0 Å². The van der Waals surface area contributed by atoms with E-state index < -0.39 is 5.41 Å². The van der Waals surface area contributed by atoms with Crippen molar-refractivity contribution in [1.29, 1.82) is 0 Å². The number of fused-ring (bicyclic) bond motifs is 6. The Morgan fingerprint density at radius 3 is 1.73 bits per heavy atom. The van der Waals surface area contributed by atoms with Crippen LogP contribution < -0.4 is 9.47 Å². The molecule has 0 saturated heterocycles. The predicted molar refractivity (Wildman–Crippen MR) is 222 cm³/mol. The Balaban J connectivity index is 0.944. The molecule has 0 saturated carbocycles. The first-order chi connectivity index (χ1) is 27.2.